The topological polar surface area (TPSA) is 86.9 Å². The highest BCUT2D eigenvalue weighted by Gasteiger charge is 2.09. The molecule has 122 valence electrons. The van der Waals surface area contributed by atoms with Gasteiger partial charge in [-0.15, -0.1) is 0 Å². The van der Waals surface area contributed by atoms with Gasteiger partial charge < -0.3 is 4.98 Å². The number of aromatic nitrogens is 2. The van der Waals surface area contributed by atoms with E-state index in [1.807, 2.05) is 42.6 Å². The summed E-state index contributed by atoms with van der Waals surface area (Å²) in [5.74, 6) is -0.486. The van der Waals surface area contributed by atoms with Gasteiger partial charge in [-0.1, -0.05) is 24.3 Å². The Labute approximate surface area is 139 Å². The molecule has 0 saturated carbocycles. The Hall–Kier alpha value is -3.15. The van der Waals surface area contributed by atoms with Gasteiger partial charge in [0.1, 0.15) is 0 Å². The number of nitrogens with one attached hydrogen (secondary N) is 3. The molecule has 0 aliphatic heterocycles. The van der Waals surface area contributed by atoms with E-state index in [1.165, 1.54) is 0 Å². The summed E-state index contributed by atoms with van der Waals surface area (Å²) in [6, 6.07) is 11.5. The lowest BCUT2D eigenvalue weighted by Crippen LogP contribution is -2.42. The summed E-state index contributed by atoms with van der Waals surface area (Å²) in [5.41, 5.74) is 7.76. The van der Waals surface area contributed by atoms with E-state index < -0.39 is 0 Å². The fourth-order valence-electron chi connectivity index (χ4n) is 2.50. The average molecular weight is 322 g/mol. The van der Waals surface area contributed by atoms with Crippen molar-refractivity contribution in [1.82, 2.24) is 20.8 Å². The Morgan fingerprint density at radius 3 is 2.71 bits per heavy atom. The van der Waals surface area contributed by atoms with Gasteiger partial charge in [0.15, 0.2) is 0 Å². The maximum atomic E-state index is 12.0. The van der Waals surface area contributed by atoms with Gasteiger partial charge in [-0.2, -0.15) is 0 Å². The Morgan fingerprint density at radius 2 is 1.88 bits per heavy atom. The molecule has 6 nitrogen and oxygen atoms in total. The molecule has 0 aliphatic rings. The van der Waals surface area contributed by atoms with Gasteiger partial charge in [-0.25, -0.2) is 0 Å². The zero-order valence-electron chi connectivity index (χ0n) is 13.1. The first-order chi connectivity index (χ1) is 11.7. The van der Waals surface area contributed by atoms with Crippen molar-refractivity contribution in [2.75, 3.05) is 0 Å². The zero-order chi connectivity index (χ0) is 16.8. The fourth-order valence-corrected chi connectivity index (χ4v) is 2.50. The van der Waals surface area contributed by atoms with Gasteiger partial charge in [0.25, 0.3) is 0 Å². The van der Waals surface area contributed by atoms with E-state index in [0.717, 1.165) is 22.0 Å². The number of pyridine rings is 1. The van der Waals surface area contributed by atoms with Crippen molar-refractivity contribution >= 4 is 22.7 Å². The fraction of sp³-hybridized carbons (Fsp3) is 0.167. The summed E-state index contributed by atoms with van der Waals surface area (Å²) in [6.45, 7) is 0. The molecule has 3 aromatic rings. The number of carbonyl (C=O) groups excluding carboxylic acids is 2. The van der Waals surface area contributed by atoms with Crippen LogP contribution in [-0.2, 0) is 22.4 Å². The molecule has 3 N–H and O–H groups in total. The summed E-state index contributed by atoms with van der Waals surface area (Å²) in [5, 5.41) is 1.01. The highest BCUT2D eigenvalue weighted by atomic mass is 16.2. The van der Waals surface area contributed by atoms with Crippen LogP contribution in [0, 0.1) is 0 Å². The van der Waals surface area contributed by atoms with E-state index in [4.69, 9.17) is 0 Å². The summed E-state index contributed by atoms with van der Waals surface area (Å²) in [7, 11) is 0. The van der Waals surface area contributed by atoms with Gasteiger partial charge in [-0.05, 0) is 29.7 Å². The van der Waals surface area contributed by atoms with Crippen molar-refractivity contribution in [2.24, 2.45) is 0 Å². The van der Waals surface area contributed by atoms with Crippen molar-refractivity contribution in [2.45, 2.75) is 19.3 Å². The second-order valence-electron chi connectivity index (χ2n) is 5.49. The molecule has 0 aliphatic carbocycles. The molecule has 2 amide bonds. The standard InChI is InChI=1S/C18H18N4O2/c23-17(8-7-13-4-3-9-19-11-13)21-22-18(24)10-14-12-20-16-6-2-1-5-15(14)16/h1-6,9,11-12,20H,7-8,10H2,(H,21,23)(H,22,24). The third-order valence-electron chi connectivity index (χ3n) is 3.73. The monoisotopic (exact) mass is 322 g/mol. The second kappa shape index (κ2) is 7.41. The number of hydrogen-bond donors (Lipinski definition) is 3. The minimum absolute atomic E-state index is 0.201. The first-order valence-corrected chi connectivity index (χ1v) is 7.74. The first kappa shape index (κ1) is 15.7. The lowest BCUT2D eigenvalue weighted by molar-refractivity contribution is -0.128. The SMILES string of the molecule is O=C(CCc1cccnc1)NNC(=O)Cc1c[nH]c2ccccc12. The number of benzene rings is 1. The van der Waals surface area contributed by atoms with E-state index in [9.17, 15) is 9.59 Å². The number of nitrogens with zero attached hydrogens (tertiary/aromatic N) is 1. The molecule has 0 radical (unpaired) electrons. The second-order valence-corrected chi connectivity index (χ2v) is 5.49. The number of para-hydroxylation sites is 1. The number of H-pyrrole nitrogens is 1. The zero-order valence-corrected chi connectivity index (χ0v) is 13.1. The van der Waals surface area contributed by atoms with Crippen molar-refractivity contribution < 1.29 is 9.59 Å². The molecule has 0 unspecified atom stereocenters. The summed E-state index contributed by atoms with van der Waals surface area (Å²) >= 11 is 0. The smallest absolute Gasteiger partial charge is 0.242 e. The van der Waals surface area contributed by atoms with Crippen molar-refractivity contribution in [3.8, 4) is 0 Å². The minimum atomic E-state index is -0.255. The number of amides is 2. The molecule has 0 bridgehead atoms. The van der Waals surface area contributed by atoms with Crippen molar-refractivity contribution in [3.63, 3.8) is 0 Å². The molecule has 1 aromatic carbocycles. The molecule has 6 heteroatoms. The average Bonchev–Trinajstić information content (AvgIpc) is 3.02. The maximum absolute atomic E-state index is 12.0. The molecular formula is C18H18N4O2. The van der Waals surface area contributed by atoms with Gasteiger partial charge in [0.2, 0.25) is 11.8 Å². The van der Waals surface area contributed by atoms with E-state index >= 15 is 0 Å². The Bertz CT molecular complexity index is 842. The van der Waals surface area contributed by atoms with Gasteiger partial charge in [-0.3, -0.25) is 25.4 Å². The number of aromatic amines is 1. The van der Waals surface area contributed by atoms with E-state index in [2.05, 4.69) is 20.8 Å². The number of hydrazine groups is 1. The molecule has 24 heavy (non-hydrogen) atoms. The Kier molecular flexibility index (Phi) is 4.86. The summed E-state index contributed by atoms with van der Waals surface area (Å²) in [4.78, 5) is 30.9. The van der Waals surface area contributed by atoms with Crippen LogP contribution in [0.4, 0.5) is 0 Å². The number of aryl methyl sites for hydroxylation is 1. The largest absolute Gasteiger partial charge is 0.361 e. The van der Waals surface area contributed by atoms with E-state index in [0.29, 0.717) is 12.8 Å². The maximum Gasteiger partial charge on any atom is 0.242 e. The van der Waals surface area contributed by atoms with Crippen LogP contribution in [0.1, 0.15) is 17.5 Å². The number of fused-ring (bicyclic) bond motifs is 1. The summed E-state index contributed by atoms with van der Waals surface area (Å²) < 4.78 is 0. The lowest BCUT2D eigenvalue weighted by Gasteiger charge is -2.07. The number of rotatable bonds is 5. The van der Waals surface area contributed by atoms with Crippen LogP contribution in [0.3, 0.4) is 0 Å². The highest BCUT2D eigenvalue weighted by Crippen LogP contribution is 2.17. The molecule has 2 heterocycles. The van der Waals surface area contributed by atoms with Crippen LogP contribution in [-0.4, -0.2) is 21.8 Å². The molecule has 0 spiro atoms. The van der Waals surface area contributed by atoms with E-state index in [-0.39, 0.29) is 18.2 Å². The van der Waals surface area contributed by atoms with Crippen molar-refractivity contribution in [1.29, 1.82) is 0 Å². The van der Waals surface area contributed by atoms with Crippen LogP contribution in [0.25, 0.3) is 10.9 Å². The number of carbonyl (C=O) groups is 2. The van der Waals surface area contributed by atoms with Gasteiger partial charge >= 0.3 is 0 Å². The molecule has 0 atom stereocenters. The quantitative estimate of drug-likeness (QED) is 0.627. The lowest BCUT2D eigenvalue weighted by atomic mass is 10.1. The third-order valence-corrected chi connectivity index (χ3v) is 3.73. The minimum Gasteiger partial charge on any atom is -0.361 e. The van der Waals surface area contributed by atoms with Gasteiger partial charge in [0, 0.05) is 35.9 Å². The van der Waals surface area contributed by atoms with Gasteiger partial charge in [0.05, 0.1) is 6.42 Å². The Balaban J connectivity index is 1.46. The highest BCUT2D eigenvalue weighted by molar-refractivity contribution is 5.89. The predicted octanol–water partition coefficient (Wildman–Crippen LogP) is 1.89. The number of hydrogen-bond acceptors (Lipinski definition) is 3. The van der Waals surface area contributed by atoms with E-state index in [1.54, 1.807) is 12.4 Å². The third kappa shape index (κ3) is 3.98. The van der Waals surface area contributed by atoms with Crippen LogP contribution in [0.2, 0.25) is 0 Å². The predicted molar refractivity (Wildman–Crippen MR) is 90.8 cm³/mol. The van der Waals surface area contributed by atoms with Crippen LogP contribution >= 0.6 is 0 Å². The summed E-state index contributed by atoms with van der Waals surface area (Å²) in [6.07, 6.45) is 6.30. The molecule has 0 saturated heterocycles. The molecule has 0 fully saturated rings. The van der Waals surface area contributed by atoms with Crippen LogP contribution in [0.5, 0.6) is 0 Å². The Morgan fingerprint density at radius 1 is 1.04 bits per heavy atom. The van der Waals surface area contributed by atoms with Crippen LogP contribution in [0.15, 0.2) is 55.0 Å². The van der Waals surface area contributed by atoms with Crippen LogP contribution < -0.4 is 10.9 Å². The molecular weight excluding hydrogens is 304 g/mol. The first-order valence-electron chi connectivity index (χ1n) is 7.74. The van der Waals surface area contributed by atoms with Crippen molar-refractivity contribution in [3.05, 3.63) is 66.1 Å². The molecule has 2 aromatic heterocycles. The molecule has 3 rings (SSSR count). The normalized spacial score (nSPS) is 10.5.